The largest absolute Gasteiger partial charge is 0.383 e. The summed E-state index contributed by atoms with van der Waals surface area (Å²) in [5.74, 6) is -0.183. The molecular formula is C17H21N3O3. The molecule has 0 aliphatic carbocycles. The second-order valence-electron chi connectivity index (χ2n) is 6.02. The van der Waals surface area contributed by atoms with Gasteiger partial charge in [0.25, 0.3) is 5.91 Å². The highest BCUT2D eigenvalue weighted by Crippen LogP contribution is 2.24. The van der Waals surface area contributed by atoms with E-state index in [1.807, 2.05) is 31.2 Å². The number of carbonyl (C=O) groups is 2. The molecule has 1 atom stereocenters. The number of fused-ring (bicyclic) bond motifs is 1. The number of amides is 2. The molecule has 1 fully saturated rings. The summed E-state index contributed by atoms with van der Waals surface area (Å²) in [6.45, 7) is 3.30. The van der Waals surface area contributed by atoms with Gasteiger partial charge in [-0.25, -0.2) is 0 Å². The Hall–Kier alpha value is -2.34. The molecule has 2 amide bonds. The minimum Gasteiger partial charge on any atom is -0.383 e. The number of carbonyl (C=O) groups excluding carboxylic acids is 2. The number of rotatable bonds is 5. The van der Waals surface area contributed by atoms with Crippen LogP contribution in [0.15, 0.2) is 30.5 Å². The molecule has 1 aromatic heterocycles. The molecule has 2 heterocycles. The summed E-state index contributed by atoms with van der Waals surface area (Å²) < 4.78 is 5.00. The molecule has 3 rings (SSSR count). The topological polar surface area (TPSA) is 74.4 Å². The lowest BCUT2D eigenvalue weighted by atomic mass is 9.97. The predicted molar refractivity (Wildman–Crippen MR) is 87.2 cm³/mol. The van der Waals surface area contributed by atoms with Crippen molar-refractivity contribution in [2.24, 2.45) is 5.92 Å². The van der Waals surface area contributed by atoms with E-state index in [0.717, 1.165) is 10.9 Å². The Kier molecular flexibility index (Phi) is 4.34. The summed E-state index contributed by atoms with van der Waals surface area (Å²) in [5, 5.41) is 3.81. The van der Waals surface area contributed by atoms with Gasteiger partial charge in [0.2, 0.25) is 5.91 Å². The molecular weight excluding hydrogens is 294 g/mol. The van der Waals surface area contributed by atoms with E-state index in [1.54, 1.807) is 18.2 Å². The molecule has 0 saturated carbocycles. The Morgan fingerprint density at radius 2 is 2.13 bits per heavy atom. The van der Waals surface area contributed by atoms with Gasteiger partial charge in [-0.1, -0.05) is 18.2 Å². The second-order valence-corrected chi connectivity index (χ2v) is 6.02. The average Bonchev–Trinajstić information content (AvgIpc) is 2.89. The van der Waals surface area contributed by atoms with E-state index >= 15 is 0 Å². The van der Waals surface area contributed by atoms with Crippen LogP contribution in [-0.2, 0) is 9.53 Å². The van der Waals surface area contributed by atoms with Crippen LogP contribution in [0.25, 0.3) is 10.9 Å². The zero-order chi connectivity index (χ0) is 16.4. The second kappa shape index (κ2) is 6.42. The summed E-state index contributed by atoms with van der Waals surface area (Å²) in [4.78, 5) is 29.4. The molecule has 122 valence electrons. The third kappa shape index (κ3) is 3.07. The highest BCUT2D eigenvalue weighted by molar-refractivity contribution is 6.07. The van der Waals surface area contributed by atoms with Crippen LogP contribution >= 0.6 is 0 Å². The lowest BCUT2D eigenvalue weighted by Gasteiger charge is -2.38. The van der Waals surface area contributed by atoms with Crippen molar-refractivity contribution in [1.82, 2.24) is 15.2 Å². The highest BCUT2D eigenvalue weighted by Gasteiger charge is 2.36. The molecule has 2 aromatic rings. The number of hydrogen-bond acceptors (Lipinski definition) is 3. The number of hydrogen-bond donors (Lipinski definition) is 2. The smallest absolute Gasteiger partial charge is 0.256 e. The molecule has 1 saturated heterocycles. The lowest BCUT2D eigenvalue weighted by molar-refractivity contribution is -0.129. The fourth-order valence-corrected chi connectivity index (χ4v) is 2.88. The number of likely N-dealkylation sites (tertiary alicyclic amines) is 1. The van der Waals surface area contributed by atoms with Gasteiger partial charge in [0.1, 0.15) is 0 Å². The van der Waals surface area contributed by atoms with E-state index in [-0.39, 0.29) is 23.8 Å². The summed E-state index contributed by atoms with van der Waals surface area (Å²) in [7, 11) is 1.60. The minimum atomic E-state index is -0.136. The van der Waals surface area contributed by atoms with Crippen LogP contribution in [0.5, 0.6) is 0 Å². The molecule has 1 aliphatic rings. The Morgan fingerprint density at radius 1 is 1.39 bits per heavy atom. The Morgan fingerprint density at radius 3 is 2.87 bits per heavy atom. The van der Waals surface area contributed by atoms with Gasteiger partial charge >= 0.3 is 0 Å². The quantitative estimate of drug-likeness (QED) is 0.875. The Labute approximate surface area is 134 Å². The number of para-hydroxylation sites is 1. The molecule has 2 N–H and O–H groups in total. The van der Waals surface area contributed by atoms with Gasteiger partial charge in [0, 0.05) is 43.3 Å². The SMILES string of the molecule is COCC(C)NC(=O)C1CN(C(=O)c2c[nH]c3ccccc23)C1. The molecule has 1 aliphatic heterocycles. The van der Waals surface area contributed by atoms with Crippen LogP contribution < -0.4 is 5.32 Å². The normalized spacial score (nSPS) is 16.2. The maximum Gasteiger partial charge on any atom is 0.256 e. The summed E-state index contributed by atoms with van der Waals surface area (Å²) in [6, 6.07) is 7.69. The number of nitrogens with zero attached hydrogens (tertiary/aromatic N) is 1. The highest BCUT2D eigenvalue weighted by atomic mass is 16.5. The van der Waals surface area contributed by atoms with Crippen LogP contribution in [0.2, 0.25) is 0 Å². The zero-order valence-corrected chi connectivity index (χ0v) is 13.3. The van der Waals surface area contributed by atoms with Gasteiger partial charge in [0.05, 0.1) is 18.1 Å². The van der Waals surface area contributed by atoms with Gasteiger partial charge in [-0.3, -0.25) is 9.59 Å². The molecule has 23 heavy (non-hydrogen) atoms. The standard InChI is InChI=1S/C17H21N3O3/c1-11(10-23-2)19-16(21)12-8-20(9-12)17(22)14-7-18-15-6-4-3-5-13(14)15/h3-7,11-12,18H,8-10H2,1-2H3,(H,19,21). The molecule has 1 unspecified atom stereocenters. The van der Waals surface area contributed by atoms with Crippen molar-refractivity contribution in [3.8, 4) is 0 Å². The predicted octanol–water partition coefficient (Wildman–Crippen LogP) is 1.39. The fraction of sp³-hybridized carbons (Fsp3) is 0.412. The van der Waals surface area contributed by atoms with Crippen molar-refractivity contribution >= 4 is 22.7 Å². The number of ether oxygens (including phenoxy) is 1. The van der Waals surface area contributed by atoms with Crippen molar-refractivity contribution in [3.05, 3.63) is 36.0 Å². The van der Waals surface area contributed by atoms with E-state index in [1.165, 1.54) is 0 Å². The van der Waals surface area contributed by atoms with Gasteiger partial charge < -0.3 is 19.9 Å². The van der Waals surface area contributed by atoms with Gasteiger partial charge in [0.15, 0.2) is 0 Å². The molecule has 0 radical (unpaired) electrons. The maximum absolute atomic E-state index is 12.5. The first kappa shape index (κ1) is 15.6. The van der Waals surface area contributed by atoms with Crippen LogP contribution in [0.4, 0.5) is 0 Å². The van der Waals surface area contributed by atoms with E-state index in [2.05, 4.69) is 10.3 Å². The van der Waals surface area contributed by atoms with Gasteiger partial charge in [-0.2, -0.15) is 0 Å². The van der Waals surface area contributed by atoms with Crippen LogP contribution in [-0.4, -0.2) is 54.5 Å². The van der Waals surface area contributed by atoms with Crippen LogP contribution in [0, 0.1) is 5.92 Å². The number of methoxy groups -OCH3 is 1. The summed E-state index contributed by atoms with van der Waals surface area (Å²) in [5.41, 5.74) is 1.60. The number of H-pyrrole nitrogens is 1. The minimum absolute atomic E-state index is 0.0162. The van der Waals surface area contributed by atoms with E-state index in [4.69, 9.17) is 4.74 Å². The zero-order valence-electron chi connectivity index (χ0n) is 13.3. The van der Waals surface area contributed by atoms with Crippen molar-refractivity contribution < 1.29 is 14.3 Å². The van der Waals surface area contributed by atoms with Gasteiger partial charge in [-0.15, -0.1) is 0 Å². The first-order chi connectivity index (χ1) is 11.1. The third-order valence-corrected chi connectivity index (χ3v) is 4.16. The monoisotopic (exact) mass is 315 g/mol. The number of aromatic nitrogens is 1. The number of benzene rings is 1. The van der Waals surface area contributed by atoms with Crippen LogP contribution in [0.3, 0.4) is 0 Å². The van der Waals surface area contributed by atoms with Crippen LogP contribution in [0.1, 0.15) is 17.3 Å². The van der Waals surface area contributed by atoms with Crippen molar-refractivity contribution in [2.75, 3.05) is 26.8 Å². The molecule has 0 spiro atoms. The first-order valence-electron chi connectivity index (χ1n) is 7.75. The van der Waals surface area contributed by atoms with Crippen molar-refractivity contribution in [1.29, 1.82) is 0 Å². The molecule has 1 aromatic carbocycles. The van der Waals surface area contributed by atoms with Gasteiger partial charge in [-0.05, 0) is 13.0 Å². The number of aromatic amines is 1. The summed E-state index contributed by atoms with van der Waals surface area (Å²) >= 11 is 0. The maximum atomic E-state index is 12.5. The van der Waals surface area contributed by atoms with E-state index in [0.29, 0.717) is 25.3 Å². The van der Waals surface area contributed by atoms with Crippen molar-refractivity contribution in [2.45, 2.75) is 13.0 Å². The first-order valence-corrected chi connectivity index (χ1v) is 7.75. The molecule has 0 bridgehead atoms. The summed E-state index contributed by atoms with van der Waals surface area (Å²) in [6.07, 6.45) is 1.74. The molecule has 6 heteroatoms. The average molecular weight is 315 g/mol. The van der Waals surface area contributed by atoms with E-state index in [9.17, 15) is 9.59 Å². The molecule has 6 nitrogen and oxygen atoms in total. The van der Waals surface area contributed by atoms with E-state index < -0.39 is 0 Å². The van der Waals surface area contributed by atoms with Crippen molar-refractivity contribution in [3.63, 3.8) is 0 Å². The third-order valence-electron chi connectivity index (χ3n) is 4.16. The Balaban J connectivity index is 1.59. The lowest BCUT2D eigenvalue weighted by Crippen LogP contribution is -2.57. The number of nitrogens with one attached hydrogen (secondary N) is 2. The Bertz CT molecular complexity index is 719. The fourth-order valence-electron chi connectivity index (χ4n) is 2.88.